The van der Waals surface area contributed by atoms with Crippen LogP contribution in [-0.4, -0.2) is 16.7 Å². The highest BCUT2D eigenvalue weighted by molar-refractivity contribution is 9.10. The van der Waals surface area contributed by atoms with E-state index in [-0.39, 0.29) is 0 Å². The topological polar surface area (TPSA) is 37.8 Å². The summed E-state index contributed by atoms with van der Waals surface area (Å²) in [5.74, 6) is 0. The average Bonchev–Trinajstić information content (AvgIpc) is 2.88. The van der Waals surface area contributed by atoms with Crippen LogP contribution in [0.5, 0.6) is 0 Å². The van der Waals surface area contributed by atoms with Gasteiger partial charge in [0.2, 0.25) is 0 Å². The SMILES string of the molecule is CCCNC(CC)c1nnc(Cc2cccc(Br)c2)s1. The molecule has 1 aromatic carbocycles. The smallest absolute Gasteiger partial charge is 0.134 e. The van der Waals surface area contributed by atoms with Crippen molar-refractivity contribution in [3.05, 3.63) is 44.3 Å². The molecule has 1 heterocycles. The van der Waals surface area contributed by atoms with Gasteiger partial charge in [0.15, 0.2) is 0 Å². The third-order valence-corrected chi connectivity index (χ3v) is 4.60. The Morgan fingerprint density at radius 1 is 1.30 bits per heavy atom. The number of aromatic nitrogens is 2. The molecule has 0 spiro atoms. The molecule has 1 aromatic heterocycles. The Bertz CT molecular complexity index is 541. The second-order valence-electron chi connectivity index (χ2n) is 4.76. The van der Waals surface area contributed by atoms with Gasteiger partial charge in [-0.1, -0.05) is 53.2 Å². The highest BCUT2D eigenvalue weighted by atomic mass is 79.9. The van der Waals surface area contributed by atoms with Gasteiger partial charge in [-0.05, 0) is 37.1 Å². The number of benzene rings is 1. The van der Waals surface area contributed by atoms with Gasteiger partial charge >= 0.3 is 0 Å². The minimum atomic E-state index is 0.337. The monoisotopic (exact) mass is 353 g/mol. The van der Waals surface area contributed by atoms with E-state index >= 15 is 0 Å². The molecule has 0 aliphatic carbocycles. The van der Waals surface area contributed by atoms with E-state index in [1.54, 1.807) is 11.3 Å². The van der Waals surface area contributed by atoms with Crippen LogP contribution in [0.25, 0.3) is 0 Å². The number of hydrogen-bond acceptors (Lipinski definition) is 4. The van der Waals surface area contributed by atoms with E-state index in [1.165, 1.54) is 5.56 Å². The molecule has 0 aliphatic rings. The summed E-state index contributed by atoms with van der Waals surface area (Å²) in [5.41, 5.74) is 1.26. The largest absolute Gasteiger partial charge is 0.308 e. The molecular weight excluding hydrogens is 334 g/mol. The molecule has 0 amide bonds. The van der Waals surface area contributed by atoms with Crippen LogP contribution >= 0.6 is 27.3 Å². The van der Waals surface area contributed by atoms with Crippen molar-refractivity contribution >= 4 is 27.3 Å². The van der Waals surface area contributed by atoms with E-state index in [0.29, 0.717) is 6.04 Å². The standard InChI is InChI=1S/C15H20BrN3S/c1-3-8-17-13(4-2)15-19-18-14(20-15)10-11-6-5-7-12(16)9-11/h5-7,9,13,17H,3-4,8,10H2,1-2H3. The highest BCUT2D eigenvalue weighted by Gasteiger charge is 2.14. The summed E-state index contributed by atoms with van der Waals surface area (Å²) in [4.78, 5) is 0. The zero-order chi connectivity index (χ0) is 14.4. The van der Waals surface area contributed by atoms with Crippen molar-refractivity contribution in [1.29, 1.82) is 0 Å². The number of rotatable bonds is 7. The van der Waals surface area contributed by atoms with E-state index in [1.807, 2.05) is 6.07 Å². The predicted octanol–water partition coefficient (Wildman–Crippen LogP) is 4.34. The summed E-state index contributed by atoms with van der Waals surface area (Å²) in [5, 5.41) is 14.4. The number of nitrogens with zero attached hydrogens (tertiary/aromatic N) is 2. The lowest BCUT2D eigenvalue weighted by Crippen LogP contribution is -2.21. The van der Waals surface area contributed by atoms with Crippen LogP contribution in [0.3, 0.4) is 0 Å². The lowest BCUT2D eigenvalue weighted by atomic mass is 10.2. The number of hydrogen-bond donors (Lipinski definition) is 1. The van der Waals surface area contributed by atoms with Crippen molar-refractivity contribution in [2.45, 2.75) is 39.2 Å². The van der Waals surface area contributed by atoms with Gasteiger partial charge < -0.3 is 5.32 Å². The van der Waals surface area contributed by atoms with Crippen molar-refractivity contribution in [3.63, 3.8) is 0 Å². The van der Waals surface area contributed by atoms with Gasteiger partial charge in [-0.3, -0.25) is 0 Å². The fraction of sp³-hybridized carbons (Fsp3) is 0.467. The van der Waals surface area contributed by atoms with E-state index in [2.05, 4.69) is 63.5 Å². The van der Waals surface area contributed by atoms with Crippen LogP contribution in [0.2, 0.25) is 0 Å². The molecule has 0 aliphatic heterocycles. The van der Waals surface area contributed by atoms with Gasteiger partial charge in [0.25, 0.3) is 0 Å². The van der Waals surface area contributed by atoms with Gasteiger partial charge in [-0.2, -0.15) is 0 Å². The first-order chi connectivity index (χ1) is 9.72. The molecule has 2 aromatic rings. The first-order valence-electron chi connectivity index (χ1n) is 7.03. The Balaban J connectivity index is 2.04. The lowest BCUT2D eigenvalue weighted by molar-refractivity contribution is 0.513. The highest BCUT2D eigenvalue weighted by Crippen LogP contribution is 2.23. The van der Waals surface area contributed by atoms with Gasteiger partial charge in [-0.25, -0.2) is 0 Å². The molecule has 0 saturated carbocycles. The van der Waals surface area contributed by atoms with Crippen molar-refractivity contribution < 1.29 is 0 Å². The molecule has 0 saturated heterocycles. The van der Waals surface area contributed by atoms with Crippen LogP contribution in [0.15, 0.2) is 28.7 Å². The van der Waals surface area contributed by atoms with Crippen LogP contribution in [0.4, 0.5) is 0 Å². The quantitative estimate of drug-likeness (QED) is 0.804. The zero-order valence-corrected chi connectivity index (χ0v) is 14.3. The van der Waals surface area contributed by atoms with Crippen LogP contribution in [0.1, 0.15) is 48.3 Å². The molecular formula is C15H20BrN3S. The normalized spacial score (nSPS) is 12.6. The van der Waals surface area contributed by atoms with Crippen molar-refractivity contribution in [1.82, 2.24) is 15.5 Å². The van der Waals surface area contributed by atoms with Gasteiger partial charge in [0.05, 0.1) is 6.04 Å². The van der Waals surface area contributed by atoms with Gasteiger partial charge in [0.1, 0.15) is 10.0 Å². The minimum Gasteiger partial charge on any atom is -0.308 e. The molecule has 5 heteroatoms. The summed E-state index contributed by atoms with van der Waals surface area (Å²) in [6.07, 6.45) is 3.03. The van der Waals surface area contributed by atoms with Crippen molar-refractivity contribution in [2.24, 2.45) is 0 Å². The molecule has 3 nitrogen and oxygen atoms in total. The lowest BCUT2D eigenvalue weighted by Gasteiger charge is -2.12. The Morgan fingerprint density at radius 3 is 2.85 bits per heavy atom. The zero-order valence-electron chi connectivity index (χ0n) is 11.9. The maximum atomic E-state index is 4.35. The Morgan fingerprint density at radius 2 is 2.15 bits per heavy atom. The molecule has 0 radical (unpaired) electrons. The van der Waals surface area contributed by atoms with Crippen LogP contribution in [0, 0.1) is 0 Å². The summed E-state index contributed by atoms with van der Waals surface area (Å²) < 4.78 is 1.11. The van der Waals surface area contributed by atoms with E-state index in [4.69, 9.17) is 0 Å². The minimum absolute atomic E-state index is 0.337. The predicted molar refractivity (Wildman–Crippen MR) is 88.2 cm³/mol. The molecule has 2 rings (SSSR count). The van der Waals surface area contributed by atoms with Crippen molar-refractivity contribution in [3.8, 4) is 0 Å². The molecule has 1 unspecified atom stereocenters. The van der Waals surface area contributed by atoms with Gasteiger partial charge in [0, 0.05) is 10.9 Å². The van der Waals surface area contributed by atoms with E-state index in [0.717, 1.165) is 40.3 Å². The Hall–Kier alpha value is -0.780. The molecule has 1 N–H and O–H groups in total. The first-order valence-corrected chi connectivity index (χ1v) is 8.64. The molecule has 1 atom stereocenters. The van der Waals surface area contributed by atoms with E-state index < -0.39 is 0 Å². The number of halogens is 1. The fourth-order valence-electron chi connectivity index (χ4n) is 2.03. The Labute approximate surface area is 133 Å². The first kappa shape index (κ1) is 15.6. The summed E-state index contributed by atoms with van der Waals surface area (Å²) >= 11 is 5.22. The molecule has 0 fully saturated rings. The fourth-order valence-corrected chi connectivity index (χ4v) is 3.51. The molecule has 20 heavy (non-hydrogen) atoms. The van der Waals surface area contributed by atoms with Crippen molar-refractivity contribution in [2.75, 3.05) is 6.54 Å². The average molecular weight is 354 g/mol. The van der Waals surface area contributed by atoms with E-state index in [9.17, 15) is 0 Å². The number of nitrogens with one attached hydrogen (secondary N) is 1. The third kappa shape index (κ3) is 4.36. The third-order valence-electron chi connectivity index (χ3n) is 3.07. The maximum absolute atomic E-state index is 4.35. The summed E-state index contributed by atoms with van der Waals surface area (Å²) in [6.45, 7) is 5.39. The van der Waals surface area contributed by atoms with Gasteiger partial charge in [-0.15, -0.1) is 10.2 Å². The molecule has 0 bridgehead atoms. The van der Waals surface area contributed by atoms with Crippen LogP contribution < -0.4 is 5.32 Å². The van der Waals surface area contributed by atoms with Crippen LogP contribution in [-0.2, 0) is 6.42 Å². The second-order valence-corrected chi connectivity index (χ2v) is 6.77. The Kier molecular flexibility index (Phi) is 6.13. The molecule has 108 valence electrons. The maximum Gasteiger partial charge on any atom is 0.134 e. The second kappa shape index (κ2) is 7.86. The summed E-state index contributed by atoms with van der Waals surface area (Å²) in [7, 11) is 0. The summed E-state index contributed by atoms with van der Waals surface area (Å²) in [6, 6.07) is 8.69.